The van der Waals surface area contributed by atoms with Gasteiger partial charge in [0.1, 0.15) is 5.78 Å². The third-order valence-corrected chi connectivity index (χ3v) is 3.62. The monoisotopic (exact) mass is 307 g/mol. The Hall–Kier alpha value is -2.68. The third-order valence-electron chi connectivity index (χ3n) is 3.62. The van der Waals surface area contributed by atoms with Crippen LogP contribution < -0.4 is 0 Å². The molecule has 23 heavy (non-hydrogen) atoms. The predicted molar refractivity (Wildman–Crippen MR) is 91.7 cm³/mol. The van der Waals surface area contributed by atoms with E-state index >= 15 is 0 Å². The van der Waals surface area contributed by atoms with Gasteiger partial charge in [-0.3, -0.25) is 9.59 Å². The van der Waals surface area contributed by atoms with E-state index in [4.69, 9.17) is 0 Å². The Morgan fingerprint density at radius 1 is 1.04 bits per heavy atom. The predicted octanol–water partition coefficient (Wildman–Crippen LogP) is 3.92. The van der Waals surface area contributed by atoms with Crippen LogP contribution in [-0.2, 0) is 16.1 Å². The molecule has 0 aliphatic heterocycles. The molecule has 0 radical (unpaired) electrons. The third kappa shape index (κ3) is 4.65. The van der Waals surface area contributed by atoms with E-state index in [9.17, 15) is 9.59 Å². The molecule has 1 amide bonds. The van der Waals surface area contributed by atoms with Gasteiger partial charge in [-0.25, -0.2) is 0 Å². The first-order chi connectivity index (χ1) is 11.1. The maximum atomic E-state index is 12.6. The number of ketones is 1. The second-order valence-corrected chi connectivity index (χ2v) is 5.48. The first-order valence-corrected chi connectivity index (χ1v) is 7.62. The second-order valence-electron chi connectivity index (χ2n) is 5.48. The molecule has 0 aromatic heterocycles. The summed E-state index contributed by atoms with van der Waals surface area (Å²) in [6.45, 7) is 5.76. The number of Topliss-reactive ketones (excluding diaryl/α,β-unsaturated/α-hetero) is 1. The maximum Gasteiger partial charge on any atom is 0.231 e. The number of carbonyl (C=O) groups excluding carboxylic acids is 2. The number of rotatable bonds is 7. The first kappa shape index (κ1) is 16.7. The number of amides is 1. The van der Waals surface area contributed by atoms with E-state index in [1.165, 1.54) is 6.92 Å². The fourth-order valence-corrected chi connectivity index (χ4v) is 2.53. The van der Waals surface area contributed by atoms with E-state index in [-0.39, 0.29) is 24.2 Å². The van der Waals surface area contributed by atoms with Crippen LogP contribution in [0.2, 0.25) is 0 Å². The average molecular weight is 307 g/mol. The minimum atomic E-state index is -0.261. The highest BCUT2D eigenvalue weighted by Crippen LogP contribution is 2.24. The molecule has 2 rings (SSSR count). The molecule has 0 N–H and O–H groups in total. The lowest BCUT2D eigenvalue weighted by atomic mass is 10.0. The number of benzene rings is 2. The van der Waals surface area contributed by atoms with Crippen molar-refractivity contribution in [3.8, 4) is 0 Å². The molecule has 0 spiro atoms. The average Bonchev–Trinajstić information content (AvgIpc) is 2.56. The van der Waals surface area contributed by atoms with Crippen LogP contribution in [0.1, 0.15) is 30.5 Å². The molecule has 1 unspecified atom stereocenters. The summed E-state index contributed by atoms with van der Waals surface area (Å²) in [5, 5.41) is 0. The lowest BCUT2D eigenvalue weighted by Gasteiger charge is -2.30. The molecule has 2 aromatic carbocycles. The molecule has 0 saturated heterocycles. The van der Waals surface area contributed by atoms with Gasteiger partial charge in [0.25, 0.3) is 0 Å². The van der Waals surface area contributed by atoms with Gasteiger partial charge in [-0.05, 0) is 18.1 Å². The fraction of sp³-hybridized carbons (Fsp3) is 0.200. The maximum absolute atomic E-state index is 12.6. The zero-order chi connectivity index (χ0) is 16.7. The molecule has 3 heteroatoms. The first-order valence-electron chi connectivity index (χ1n) is 7.62. The van der Waals surface area contributed by atoms with Crippen molar-refractivity contribution in [2.24, 2.45) is 0 Å². The van der Waals surface area contributed by atoms with Gasteiger partial charge in [-0.1, -0.05) is 66.7 Å². The largest absolute Gasteiger partial charge is 0.327 e. The molecular formula is C20H21NO2. The van der Waals surface area contributed by atoms with Gasteiger partial charge in [0.15, 0.2) is 0 Å². The molecular weight excluding hydrogens is 286 g/mol. The van der Waals surface area contributed by atoms with Crippen LogP contribution in [0.4, 0.5) is 0 Å². The summed E-state index contributed by atoms with van der Waals surface area (Å²) in [5.41, 5.74) is 2.00. The van der Waals surface area contributed by atoms with Crippen molar-refractivity contribution in [3.63, 3.8) is 0 Å². The fourth-order valence-electron chi connectivity index (χ4n) is 2.53. The molecule has 0 saturated carbocycles. The molecule has 0 aliphatic carbocycles. The Morgan fingerprint density at radius 2 is 1.61 bits per heavy atom. The van der Waals surface area contributed by atoms with Crippen LogP contribution in [0.3, 0.4) is 0 Å². The number of hydrogen-bond acceptors (Lipinski definition) is 2. The Balaban J connectivity index is 2.33. The molecule has 0 bridgehead atoms. The van der Waals surface area contributed by atoms with Crippen LogP contribution in [0.15, 0.2) is 73.3 Å². The van der Waals surface area contributed by atoms with Crippen molar-refractivity contribution >= 4 is 11.7 Å². The van der Waals surface area contributed by atoms with Crippen molar-refractivity contribution in [2.45, 2.75) is 25.9 Å². The molecule has 1 atom stereocenters. The summed E-state index contributed by atoms with van der Waals surface area (Å²) >= 11 is 0. The number of hydrogen-bond donors (Lipinski definition) is 0. The molecule has 0 fully saturated rings. The minimum absolute atomic E-state index is 0.0932. The standard InChI is InChI=1S/C20H21NO2/c1-3-19(18-12-8-5-9-13-18)21(20(23)14-16(2)22)15-17-10-6-4-7-11-17/h3-13,19H,1,14-15H2,2H3. The Bertz CT molecular complexity index is 665. The van der Waals surface area contributed by atoms with E-state index in [1.54, 1.807) is 11.0 Å². The second kappa shape index (κ2) is 8.08. The topological polar surface area (TPSA) is 37.4 Å². The summed E-state index contributed by atoms with van der Waals surface area (Å²) in [7, 11) is 0. The van der Waals surface area contributed by atoms with Crippen LogP contribution in [0.25, 0.3) is 0 Å². The lowest BCUT2D eigenvalue weighted by Crippen LogP contribution is -2.34. The Kier molecular flexibility index (Phi) is 5.87. The summed E-state index contributed by atoms with van der Waals surface area (Å²) in [6.07, 6.45) is 1.65. The minimum Gasteiger partial charge on any atom is -0.327 e. The van der Waals surface area contributed by atoms with Crippen LogP contribution in [-0.4, -0.2) is 16.6 Å². The van der Waals surface area contributed by atoms with Crippen molar-refractivity contribution < 1.29 is 9.59 Å². The quantitative estimate of drug-likeness (QED) is 0.574. The van der Waals surface area contributed by atoms with Gasteiger partial charge in [-0.15, -0.1) is 6.58 Å². The highest BCUT2D eigenvalue weighted by Gasteiger charge is 2.23. The smallest absolute Gasteiger partial charge is 0.231 e. The van der Waals surface area contributed by atoms with E-state index in [0.717, 1.165) is 11.1 Å². The normalized spacial score (nSPS) is 11.5. The van der Waals surface area contributed by atoms with Gasteiger partial charge in [0, 0.05) is 6.54 Å². The van der Waals surface area contributed by atoms with Crippen LogP contribution in [0, 0.1) is 0 Å². The molecule has 2 aromatic rings. The summed E-state index contributed by atoms with van der Waals surface area (Å²) < 4.78 is 0. The van der Waals surface area contributed by atoms with Crippen LogP contribution in [0.5, 0.6) is 0 Å². The van der Waals surface area contributed by atoms with Crippen molar-refractivity contribution in [1.29, 1.82) is 0 Å². The van der Waals surface area contributed by atoms with Crippen molar-refractivity contribution in [1.82, 2.24) is 4.90 Å². The van der Waals surface area contributed by atoms with E-state index in [0.29, 0.717) is 6.54 Å². The Labute approximate surface area is 137 Å². The molecule has 0 aliphatic rings. The summed E-state index contributed by atoms with van der Waals surface area (Å²) in [4.78, 5) is 25.7. The van der Waals surface area contributed by atoms with E-state index < -0.39 is 0 Å². The number of carbonyl (C=O) groups is 2. The van der Waals surface area contributed by atoms with E-state index in [1.807, 2.05) is 60.7 Å². The summed E-state index contributed by atoms with van der Waals surface area (Å²) in [6, 6.07) is 19.2. The van der Waals surface area contributed by atoms with Gasteiger partial charge in [0.05, 0.1) is 12.5 Å². The van der Waals surface area contributed by atoms with Gasteiger partial charge in [-0.2, -0.15) is 0 Å². The molecule has 0 heterocycles. The van der Waals surface area contributed by atoms with Crippen LogP contribution >= 0.6 is 0 Å². The van der Waals surface area contributed by atoms with Gasteiger partial charge < -0.3 is 4.90 Å². The lowest BCUT2D eigenvalue weighted by molar-refractivity contribution is -0.136. The van der Waals surface area contributed by atoms with Crippen molar-refractivity contribution in [2.75, 3.05) is 0 Å². The molecule has 3 nitrogen and oxygen atoms in total. The highest BCUT2D eigenvalue weighted by atomic mass is 16.2. The zero-order valence-corrected chi connectivity index (χ0v) is 13.3. The highest BCUT2D eigenvalue weighted by molar-refractivity contribution is 5.97. The van der Waals surface area contributed by atoms with E-state index in [2.05, 4.69) is 6.58 Å². The SMILES string of the molecule is C=CC(c1ccccc1)N(Cc1ccccc1)C(=O)CC(C)=O. The number of nitrogens with zero attached hydrogens (tertiary/aromatic N) is 1. The van der Waals surface area contributed by atoms with Crippen molar-refractivity contribution in [3.05, 3.63) is 84.4 Å². The van der Waals surface area contributed by atoms with Gasteiger partial charge in [0.2, 0.25) is 5.91 Å². The van der Waals surface area contributed by atoms with Gasteiger partial charge >= 0.3 is 0 Å². The zero-order valence-electron chi connectivity index (χ0n) is 13.3. The summed E-state index contributed by atoms with van der Waals surface area (Å²) in [5.74, 6) is -0.320. The molecule has 118 valence electrons. The Morgan fingerprint density at radius 3 is 2.13 bits per heavy atom.